The van der Waals surface area contributed by atoms with E-state index in [4.69, 9.17) is 0 Å². The van der Waals surface area contributed by atoms with Gasteiger partial charge in [0.05, 0.1) is 6.61 Å². The number of piperidine rings is 1. The van der Waals surface area contributed by atoms with Crippen LogP contribution in [0.1, 0.15) is 36.6 Å². The molecular formula is C13H21NO3S2. The van der Waals surface area contributed by atoms with E-state index < -0.39 is 10.0 Å². The molecule has 1 N–H and O–H groups in total. The lowest BCUT2D eigenvalue weighted by Gasteiger charge is -2.30. The van der Waals surface area contributed by atoms with Gasteiger partial charge in [-0.1, -0.05) is 13.3 Å². The quantitative estimate of drug-likeness (QED) is 0.929. The van der Waals surface area contributed by atoms with Gasteiger partial charge in [-0.15, -0.1) is 11.3 Å². The molecule has 1 aromatic rings. The van der Waals surface area contributed by atoms with Crippen molar-refractivity contribution in [2.24, 2.45) is 5.92 Å². The number of aliphatic hydroxyl groups excluding tert-OH is 1. The summed E-state index contributed by atoms with van der Waals surface area (Å²) in [6.07, 6.45) is 3.03. The lowest BCUT2D eigenvalue weighted by Crippen LogP contribution is -2.37. The zero-order chi connectivity index (χ0) is 14.0. The van der Waals surface area contributed by atoms with Gasteiger partial charge in [0.25, 0.3) is 10.0 Å². The van der Waals surface area contributed by atoms with Crippen molar-refractivity contribution in [2.45, 2.75) is 43.9 Å². The van der Waals surface area contributed by atoms with Crippen LogP contribution in [0.2, 0.25) is 0 Å². The van der Waals surface area contributed by atoms with E-state index in [9.17, 15) is 13.5 Å². The smallest absolute Gasteiger partial charge is 0.252 e. The molecule has 0 aliphatic carbocycles. The Labute approximate surface area is 119 Å². The Hall–Kier alpha value is -0.430. The zero-order valence-corrected chi connectivity index (χ0v) is 13.1. The lowest BCUT2D eigenvalue weighted by molar-refractivity contribution is 0.269. The van der Waals surface area contributed by atoms with Gasteiger partial charge in [0.15, 0.2) is 0 Å². The van der Waals surface area contributed by atoms with Crippen LogP contribution >= 0.6 is 11.3 Å². The van der Waals surface area contributed by atoms with E-state index in [0.29, 0.717) is 23.2 Å². The van der Waals surface area contributed by atoms with Gasteiger partial charge in [-0.25, -0.2) is 8.42 Å². The molecule has 1 aromatic heterocycles. The average Bonchev–Trinajstić information content (AvgIpc) is 2.81. The highest BCUT2D eigenvalue weighted by atomic mass is 32.2. The number of nitrogens with zero attached hydrogens (tertiary/aromatic N) is 1. The summed E-state index contributed by atoms with van der Waals surface area (Å²) >= 11 is 1.19. The third-order valence-corrected chi connectivity index (χ3v) is 7.46. The number of hydrogen-bond donors (Lipinski definition) is 1. The fourth-order valence-corrected chi connectivity index (χ4v) is 5.53. The normalized spacial score (nSPS) is 18.9. The van der Waals surface area contributed by atoms with Crippen molar-refractivity contribution in [1.29, 1.82) is 0 Å². The molecule has 2 heterocycles. The molecule has 1 fully saturated rings. The minimum atomic E-state index is -3.36. The molecule has 19 heavy (non-hydrogen) atoms. The van der Waals surface area contributed by atoms with Gasteiger partial charge in [0.2, 0.25) is 0 Å². The van der Waals surface area contributed by atoms with Crippen molar-refractivity contribution in [3.05, 3.63) is 16.5 Å². The summed E-state index contributed by atoms with van der Waals surface area (Å²) in [5, 5.41) is 9.18. The average molecular weight is 303 g/mol. The van der Waals surface area contributed by atoms with Gasteiger partial charge < -0.3 is 5.11 Å². The molecule has 0 amide bonds. The minimum absolute atomic E-state index is 0.0933. The third-order valence-electron chi connectivity index (χ3n) is 3.89. The maximum Gasteiger partial charge on any atom is 0.252 e. The summed E-state index contributed by atoms with van der Waals surface area (Å²) in [5.74, 6) is 0.657. The molecule has 0 atom stereocenters. The van der Waals surface area contributed by atoms with Crippen molar-refractivity contribution < 1.29 is 13.5 Å². The molecule has 4 nitrogen and oxygen atoms in total. The molecule has 6 heteroatoms. The number of rotatable bonds is 4. The predicted octanol–water partition coefficient (Wildman–Crippen LogP) is 2.36. The van der Waals surface area contributed by atoms with Crippen LogP contribution in [-0.4, -0.2) is 30.9 Å². The van der Waals surface area contributed by atoms with E-state index in [1.165, 1.54) is 11.3 Å². The van der Waals surface area contributed by atoms with Crippen molar-refractivity contribution in [1.82, 2.24) is 4.31 Å². The first kappa shape index (κ1) is 15.0. The standard InChI is InChI=1S/C13H21NO3S2/c1-3-11-4-6-14(7-5-11)19(16,17)13-8-10(2)12(9-15)18-13/h8,11,15H,3-7,9H2,1-2H3. The molecule has 1 aliphatic heterocycles. The molecule has 0 aromatic carbocycles. The molecule has 1 saturated heterocycles. The van der Waals surface area contributed by atoms with Gasteiger partial charge in [0.1, 0.15) is 4.21 Å². The highest BCUT2D eigenvalue weighted by Gasteiger charge is 2.30. The molecule has 0 spiro atoms. The van der Waals surface area contributed by atoms with Crippen molar-refractivity contribution in [2.75, 3.05) is 13.1 Å². The van der Waals surface area contributed by atoms with E-state index in [0.717, 1.165) is 29.7 Å². The van der Waals surface area contributed by atoms with Crippen molar-refractivity contribution in [3.63, 3.8) is 0 Å². The number of aryl methyl sites for hydroxylation is 1. The number of sulfonamides is 1. The molecule has 0 radical (unpaired) electrons. The van der Waals surface area contributed by atoms with Gasteiger partial charge in [0, 0.05) is 18.0 Å². The van der Waals surface area contributed by atoms with Gasteiger partial charge in [-0.2, -0.15) is 4.31 Å². The van der Waals surface area contributed by atoms with E-state index in [-0.39, 0.29) is 6.61 Å². The first-order chi connectivity index (χ1) is 8.98. The van der Waals surface area contributed by atoms with Crippen molar-refractivity contribution in [3.8, 4) is 0 Å². The van der Waals surface area contributed by atoms with Crippen LogP contribution in [0.25, 0.3) is 0 Å². The van der Waals surface area contributed by atoms with Crippen LogP contribution in [0, 0.1) is 12.8 Å². The Morgan fingerprint density at radius 2 is 2.05 bits per heavy atom. The molecule has 108 valence electrons. The molecule has 0 bridgehead atoms. The Morgan fingerprint density at radius 1 is 1.42 bits per heavy atom. The fraction of sp³-hybridized carbons (Fsp3) is 0.692. The van der Waals surface area contributed by atoms with E-state index in [2.05, 4.69) is 6.92 Å². The van der Waals surface area contributed by atoms with Crippen LogP contribution in [-0.2, 0) is 16.6 Å². The maximum absolute atomic E-state index is 12.5. The van der Waals surface area contributed by atoms with Gasteiger partial charge in [-0.05, 0) is 37.3 Å². The highest BCUT2D eigenvalue weighted by Crippen LogP contribution is 2.31. The first-order valence-electron chi connectivity index (χ1n) is 6.69. The van der Waals surface area contributed by atoms with Crippen molar-refractivity contribution >= 4 is 21.4 Å². The van der Waals surface area contributed by atoms with Crippen LogP contribution < -0.4 is 0 Å². The van der Waals surface area contributed by atoms with E-state index >= 15 is 0 Å². The number of thiophene rings is 1. The number of aliphatic hydroxyl groups is 1. The van der Waals surface area contributed by atoms with E-state index in [1.807, 2.05) is 6.92 Å². The second-order valence-electron chi connectivity index (χ2n) is 5.09. The molecule has 1 aliphatic rings. The Balaban J connectivity index is 2.18. The first-order valence-corrected chi connectivity index (χ1v) is 8.95. The third kappa shape index (κ3) is 3.02. The summed E-state index contributed by atoms with van der Waals surface area (Å²) in [6, 6.07) is 1.68. The summed E-state index contributed by atoms with van der Waals surface area (Å²) in [6.45, 7) is 5.14. The monoisotopic (exact) mass is 303 g/mol. The Bertz CT molecular complexity index is 528. The van der Waals surface area contributed by atoms with Crippen LogP contribution in [0.15, 0.2) is 10.3 Å². The molecular weight excluding hydrogens is 282 g/mol. The highest BCUT2D eigenvalue weighted by molar-refractivity contribution is 7.91. The lowest BCUT2D eigenvalue weighted by atomic mass is 9.96. The maximum atomic E-state index is 12.5. The second-order valence-corrected chi connectivity index (χ2v) is 8.39. The van der Waals surface area contributed by atoms with E-state index in [1.54, 1.807) is 10.4 Å². The summed E-state index contributed by atoms with van der Waals surface area (Å²) in [4.78, 5) is 0.738. The summed E-state index contributed by atoms with van der Waals surface area (Å²) in [7, 11) is -3.36. The predicted molar refractivity (Wildman–Crippen MR) is 76.8 cm³/mol. The van der Waals surface area contributed by atoms with Gasteiger partial charge in [-0.3, -0.25) is 0 Å². The second kappa shape index (κ2) is 5.91. The summed E-state index contributed by atoms with van der Waals surface area (Å²) in [5.41, 5.74) is 0.856. The van der Waals surface area contributed by atoms with Crippen LogP contribution in [0.4, 0.5) is 0 Å². The Kier molecular flexibility index (Phi) is 4.66. The zero-order valence-electron chi connectivity index (χ0n) is 11.4. The van der Waals surface area contributed by atoms with Crippen LogP contribution in [0.3, 0.4) is 0 Å². The number of hydrogen-bond acceptors (Lipinski definition) is 4. The minimum Gasteiger partial charge on any atom is -0.391 e. The fourth-order valence-electron chi connectivity index (χ4n) is 2.46. The van der Waals surface area contributed by atoms with Gasteiger partial charge >= 0.3 is 0 Å². The SMILES string of the molecule is CCC1CCN(S(=O)(=O)c2cc(C)c(CO)s2)CC1. The largest absolute Gasteiger partial charge is 0.391 e. The molecule has 0 unspecified atom stereocenters. The summed E-state index contributed by atoms with van der Waals surface area (Å²) < 4.78 is 27.0. The topological polar surface area (TPSA) is 57.6 Å². The molecule has 2 rings (SSSR count). The van der Waals surface area contributed by atoms with Crippen LogP contribution in [0.5, 0.6) is 0 Å². The molecule has 0 saturated carbocycles. The Morgan fingerprint density at radius 3 is 2.53 bits per heavy atom.